The number of ether oxygens (including phenoxy) is 1. The number of alkyl halides is 2. The summed E-state index contributed by atoms with van der Waals surface area (Å²) in [6.45, 7) is -0.00402. The molecule has 1 aromatic rings. The number of fused-ring (bicyclic) bond motifs is 4. The molecule has 0 radical (unpaired) electrons. The maximum absolute atomic E-state index is 13.4. The summed E-state index contributed by atoms with van der Waals surface area (Å²) in [6.07, 6.45) is 2.23. The highest BCUT2D eigenvalue weighted by Gasteiger charge is 2.75. The van der Waals surface area contributed by atoms with Crippen LogP contribution < -0.4 is 4.74 Å². The summed E-state index contributed by atoms with van der Waals surface area (Å²) in [7, 11) is 2.83. The number of benzene rings is 1. The largest absolute Gasteiger partial charge is 0.491 e. The number of imide groups is 2. The molecule has 0 spiro atoms. The first kappa shape index (κ1) is 23.3. The predicted octanol–water partition coefficient (Wildman–Crippen LogP) is 1.68. The minimum absolute atomic E-state index is 0.0129. The van der Waals surface area contributed by atoms with Crippen LogP contribution in [0, 0.1) is 17.8 Å². The van der Waals surface area contributed by atoms with E-state index in [0.717, 1.165) is 15.4 Å². The van der Waals surface area contributed by atoms with Crippen molar-refractivity contribution in [3.63, 3.8) is 0 Å². The van der Waals surface area contributed by atoms with Gasteiger partial charge in [-0.05, 0) is 36.5 Å². The van der Waals surface area contributed by atoms with Gasteiger partial charge in [0.25, 0.3) is 11.8 Å². The number of aliphatic hydroxyl groups is 1. The average Bonchev–Trinajstić information content (AvgIpc) is 3.13. The van der Waals surface area contributed by atoms with Crippen molar-refractivity contribution >= 4 is 46.8 Å². The molecule has 4 aliphatic rings. The molecular formula is C24H24Cl2N2O6. The lowest BCUT2D eigenvalue weighted by Gasteiger charge is -2.50. The Bertz CT molecular complexity index is 1140. The Morgan fingerprint density at radius 3 is 2.32 bits per heavy atom. The van der Waals surface area contributed by atoms with Gasteiger partial charge in [0.1, 0.15) is 12.4 Å². The highest BCUT2D eigenvalue weighted by molar-refractivity contribution is 6.53. The van der Waals surface area contributed by atoms with Crippen LogP contribution in [0.2, 0.25) is 0 Å². The minimum Gasteiger partial charge on any atom is -0.491 e. The molecule has 2 heterocycles. The molecule has 0 unspecified atom stereocenters. The zero-order valence-corrected chi connectivity index (χ0v) is 20.2. The van der Waals surface area contributed by atoms with Crippen LogP contribution in [0.1, 0.15) is 24.3 Å². The fourth-order valence-corrected chi connectivity index (χ4v) is 7.21. The lowest BCUT2D eigenvalue weighted by atomic mass is 9.56. The number of hydrogen-bond donors (Lipinski definition) is 1. The van der Waals surface area contributed by atoms with Crippen molar-refractivity contribution in [3.8, 4) is 5.75 Å². The highest BCUT2D eigenvalue weighted by atomic mass is 35.5. The number of allylic oxidation sites excluding steroid dienone is 2. The SMILES string of the molecule is CN1C(=O)[C@H]2[C@H](CC=C3[C@H]2C[C@@]2(Cl)C(=O)N(C)C(=O)[C@@]2(Cl)[C@H]3c2ccc(OCCO)cc2)C1=O. The van der Waals surface area contributed by atoms with Crippen molar-refractivity contribution < 1.29 is 29.0 Å². The third-order valence-corrected chi connectivity index (χ3v) is 9.22. The van der Waals surface area contributed by atoms with E-state index in [1.807, 2.05) is 6.08 Å². The van der Waals surface area contributed by atoms with Gasteiger partial charge in [0.15, 0.2) is 9.75 Å². The molecule has 1 saturated carbocycles. The van der Waals surface area contributed by atoms with Crippen LogP contribution in [0.15, 0.2) is 35.9 Å². The van der Waals surface area contributed by atoms with Gasteiger partial charge < -0.3 is 9.84 Å². The van der Waals surface area contributed by atoms with E-state index in [0.29, 0.717) is 17.7 Å². The van der Waals surface area contributed by atoms with Crippen molar-refractivity contribution in [3.05, 3.63) is 41.5 Å². The second-order valence-electron chi connectivity index (χ2n) is 9.37. The number of likely N-dealkylation sites (tertiary alicyclic amines) is 2. The molecule has 4 amide bonds. The molecule has 2 aliphatic carbocycles. The van der Waals surface area contributed by atoms with Gasteiger partial charge in [-0.3, -0.25) is 29.0 Å². The van der Waals surface area contributed by atoms with Crippen LogP contribution in [0.25, 0.3) is 0 Å². The Kier molecular flexibility index (Phi) is 5.35. The number of hydrogen-bond acceptors (Lipinski definition) is 6. The Hall–Kier alpha value is -2.42. The van der Waals surface area contributed by atoms with Gasteiger partial charge in [0, 0.05) is 20.0 Å². The van der Waals surface area contributed by atoms with E-state index >= 15 is 0 Å². The summed E-state index contributed by atoms with van der Waals surface area (Å²) >= 11 is 14.1. The minimum atomic E-state index is -1.79. The van der Waals surface area contributed by atoms with Gasteiger partial charge >= 0.3 is 0 Å². The summed E-state index contributed by atoms with van der Waals surface area (Å²) in [5.74, 6) is -3.69. The van der Waals surface area contributed by atoms with Crippen molar-refractivity contribution in [2.45, 2.75) is 28.5 Å². The van der Waals surface area contributed by atoms with Crippen LogP contribution in [0.4, 0.5) is 0 Å². The predicted molar refractivity (Wildman–Crippen MR) is 122 cm³/mol. The summed E-state index contributed by atoms with van der Waals surface area (Å²) < 4.78 is 5.44. The van der Waals surface area contributed by atoms with Crippen LogP contribution in [0.5, 0.6) is 5.75 Å². The van der Waals surface area contributed by atoms with E-state index in [1.165, 1.54) is 14.1 Å². The molecule has 0 bridgehead atoms. The van der Waals surface area contributed by atoms with Gasteiger partial charge in [-0.25, -0.2) is 0 Å². The van der Waals surface area contributed by atoms with Crippen molar-refractivity contribution in [2.24, 2.45) is 17.8 Å². The molecule has 1 N–H and O–H groups in total. The molecule has 2 saturated heterocycles. The molecule has 180 valence electrons. The molecule has 1 aromatic carbocycles. The molecular weight excluding hydrogens is 483 g/mol. The number of nitrogens with zero attached hydrogens (tertiary/aromatic N) is 2. The third kappa shape index (κ3) is 2.82. The van der Waals surface area contributed by atoms with Crippen LogP contribution in [0.3, 0.4) is 0 Å². The quantitative estimate of drug-likeness (QED) is 0.378. The molecule has 0 aromatic heterocycles. The smallest absolute Gasteiger partial charge is 0.253 e. The van der Waals surface area contributed by atoms with Crippen molar-refractivity contribution in [2.75, 3.05) is 27.3 Å². The maximum atomic E-state index is 13.4. The van der Waals surface area contributed by atoms with Crippen molar-refractivity contribution in [1.82, 2.24) is 9.80 Å². The molecule has 6 atom stereocenters. The number of halogens is 2. The third-order valence-electron chi connectivity index (χ3n) is 7.81. The van der Waals surface area contributed by atoms with Gasteiger partial charge in [0.2, 0.25) is 11.8 Å². The highest BCUT2D eigenvalue weighted by Crippen LogP contribution is 2.65. The second kappa shape index (κ2) is 7.80. The molecule has 8 nitrogen and oxygen atoms in total. The number of rotatable bonds is 4. The first-order valence-corrected chi connectivity index (χ1v) is 11.9. The van der Waals surface area contributed by atoms with Crippen LogP contribution >= 0.6 is 23.2 Å². The number of aliphatic hydroxyl groups excluding tert-OH is 1. The first-order chi connectivity index (χ1) is 16.1. The summed E-state index contributed by atoms with van der Waals surface area (Å²) in [4.78, 5) is 51.0. The summed E-state index contributed by atoms with van der Waals surface area (Å²) in [6, 6.07) is 6.88. The average molecular weight is 507 g/mol. The summed E-state index contributed by atoms with van der Waals surface area (Å²) in [5.41, 5.74) is 1.40. The van der Waals surface area contributed by atoms with E-state index in [-0.39, 0.29) is 31.4 Å². The number of carbonyl (C=O) groups excluding carboxylic acids is 4. The van der Waals surface area contributed by atoms with E-state index in [4.69, 9.17) is 33.0 Å². The van der Waals surface area contributed by atoms with E-state index in [1.54, 1.807) is 24.3 Å². The van der Waals surface area contributed by atoms with Crippen LogP contribution in [-0.4, -0.2) is 75.6 Å². The molecule has 5 rings (SSSR count). The Balaban J connectivity index is 1.67. The first-order valence-electron chi connectivity index (χ1n) is 11.1. The van der Waals surface area contributed by atoms with Gasteiger partial charge in [-0.15, -0.1) is 23.2 Å². The fourth-order valence-electron chi connectivity index (χ4n) is 6.20. The normalized spacial score (nSPS) is 36.9. The van der Waals surface area contributed by atoms with Gasteiger partial charge in [-0.2, -0.15) is 0 Å². The molecule has 2 aliphatic heterocycles. The molecule has 10 heteroatoms. The second-order valence-corrected chi connectivity index (χ2v) is 10.6. The lowest BCUT2D eigenvalue weighted by molar-refractivity contribution is -0.140. The van der Waals surface area contributed by atoms with Gasteiger partial charge in [0.05, 0.1) is 18.4 Å². The van der Waals surface area contributed by atoms with E-state index in [2.05, 4.69) is 0 Å². The Labute approximate surface area is 206 Å². The Morgan fingerprint density at radius 1 is 1.00 bits per heavy atom. The van der Waals surface area contributed by atoms with Crippen LogP contribution in [-0.2, 0) is 19.2 Å². The van der Waals surface area contributed by atoms with Gasteiger partial charge in [-0.1, -0.05) is 23.8 Å². The topological polar surface area (TPSA) is 104 Å². The molecule has 34 heavy (non-hydrogen) atoms. The van der Waals surface area contributed by atoms with E-state index < -0.39 is 45.2 Å². The Morgan fingerprint density at radius 2 is 1.68 bits per heavy atom. The fraction of sp³-hybridized carbons (Fsp3) is 0.500. The number of amides is 4. The number of carbonyl (C=O) groups is 4. The lowest BCUT2D eigenvalue weighted by Crippen LogP contribution is -2.60. The molecule has 3 fully saturated rings. The zero-order chi connectivity index (χ0) is 24.6. The van der Waals surface area contributed by atoms with E-state index in [9.17, 15) is 19.2 Å². The van der Waals surface area contributed by atoms with Crippen molar-refractivity contribution in [1.29, 1.82) is 0 Å². The monoisotopic (exact) mass is 506 g/mol. The zero-order valence-electron chi connectivity index (χ0n) is 18.7. The maximum Gasteiger partial charge on any atom is 0.253 e. The standard InChI is InChI=1S/C24H24Cl2N2O6/c1-27-19(30)15-8-7-14-16(17(15)20(27)31)11-23(25)21(32)28(2)22(33)24(23,26)18(14)12-3-5-13(6-4-12)34-10-9-29/h3-7,15-18,29H,8-11H2,1-2H3/t15-,16+,17-,18-,23+,24-/m0/s1. The summed E-state index contributed by atoms with van der Waals surface area (Å²) in [5, 5.41) is 9.00.